The Kier molecular flexibility index (Phi) is 5.01. The zero-order chi connectivity index (χ0) is 20.9. The molecule has 0 spiro atoms. The van der Waals surface area contributed by atoms with Crippen molar-refractivity contribution in [2.75, 3.05) is 18.0 Å². The smallest absolute Gasteiger partial charge is 0.398 e. The third-order valence-electron chi connectivity index (χ3n) is 5.27. The first-order valence-electron chi connectivity index (χ1n) is 9.12. The van der Waals surface area contributed by atoms with E-state index in [0.29, 0.717) is 30.4 Å². The molecule has 0 unspecified atom stereocenters. The second-order valence-corrected chi connectivity index (χ2v) is 7.69. The molecule has 3 heterocycles. The zero-order valence-corrected chi connectivity index (χ0v) is 16.9. The molecule has 0 bridgehead atoms. The third-order valence-corrected chi connectivity index (χ3v) is 5.78. The minimum Gasteiger partial charge on any atom is -0.398 e. The van der Waals surface area contributed by atoms with Gasteiger partial charge in [0.25, 0.3) is 5.88 Å². The number of aromatic nitrogens is 3. The molecule has 2 fully saturated rings. The van der Waals surface area contributed by atoms with E-state index in [-0.39, 0.29) is 27.2 Å². The van der Waals surface area contributed by atoms with Crippen LogP contribution in [0.2, 0.25) is 0 Å². The van der Waals surface area contributed by atoms with E-state index in [2.05, 4.69) is 45.8 Å². The van der Waals surface area contributed by atoms with Gasteiger partial charge in [-0.3, -0.25) is 4.79 Å². The number of anilines is 1. The molecule has 12 heteroatoms. The number of piperazine rings is 1. The van der Waals surface area contributed by atoms with Crippen molar-refractivity contribution in [2.45, 2.75) is 44.4 Å². The minimum absolute atomic E-state index is 0.0368. The number of aryl methyl sites for hydroxylation is 1. The summed E-state index contributed by atoms with van der Waals surface area (Å²) in [5.74, 6) is -3.08. The van der Waals surface area contributed by atoms with Gasteiger partial charge in [0.2, 0.25) is 5.43 Å². The van der Waals surface area contributed by atoms with Crippen LogP contribution in [0.15, 0.2) is 9.40 Å². The second kappa shape index (κ2) is 7.24. The van der Waals surface area contributed by atoms with Crippen molar-refractivity contribution in [3.63, 3.8) is 0 Å². The van der Waals surface area contributed by atoms with E-state index in [1.807, 2.05) is 6.92 Å². The average molecular weight is 476 g/mol. The van der Waals surface area contributed by atoms with Crippen molar-refractivity contribution in [3.8, 4) is 5.88 Å². The molecule has 2 atom stereocenters. The Labute approximate surface area is 171 Å². The number of carbonyl (C=O) groups excluding carboxylic acids is 1. The lowest BCUT2D eigenvalue weighted by Gasteiger charge is -2.50. The normalized spacial score (nSPS) is 21.6. The summed E-state index contributed by atoms with van der Waals surface area (Å²) in [6.07, 6.45) is -2.67. The molecule has 2 aromatic heterocycles. The Balaban J connectivity index is 1.80. The van der Waals surface area contributed by atoms with E-state index >= 15 is 0 Å². The van der Waals surface area contributed by atoms with Crippen LogP contribution < -0.4 is 20.4 Å². The molecule has 1 saturated carbocycles. The largest absolute Gasteiger partial charge is 0.491 e. The quantitative estimate of drug-likeness (QED) is 0.655. The highest BCUT2D eigenvalue weighted by atomic mass is 79.9. The van der Waals surface area contributed by atoms with Gasteiger partial charge in [-0.2, -0.15) is 18.2 Å². The molecule has 156 valence electrons. The Hall–Kier alpha value is -2.21. The number of fused-ring (bicyclic) bond motifs is 2. The van der Waals surface area contributed by atoms with E-state index in [9.17, 15) is 22.8 Å². The maximum atomic E-state index is 13.2. The summed E-state index contributed by atoms with van der Waals surface area (Å²) in [4.78, 5) is 37.4. The molecule has 2 aliphatic rings. The summed E-state index contributed by atoms with van der Waals surface area (Å²) in [5.41, 5.74) is 0.691. The summed E-state index contributed by atoms with van der Waals surface area (Å²) in [5, 5.41) is 3.43. The number of hydrogen-bond acceptors (Lipinski definition) is 7. The summed E-state index contributed by atoms with van der Waals surface area (Å²) in [7, 11) is 0. The minimum atomic E-state index is -5.18. The summed E-state index contributed by atoms with van der Waals surface area (Å²) in [6.45, 7) is 3.28. The molecule has 0 radical (unpaired) electrons. The number of aromatic amines is 1. The molecular formula is C17H17BrF3N5O3. The predicted molar refractivity (Wildman–Crippen MR) is 101 cm³/mol. The first kappa shape index (κ1) is 20.1. The van der Waals surface area contributed by atoms with Crippen molar-refractivity contribution in [3.05, 3.63) is 20.5 Å². The molecule has 2 N–H and O–H groups in total. The monoisotopic (exact) mass is 475 g/mol. The molecule has 1 aliphatic carbocycles. The third kappa shape index (κ3) is 3.48. The number of halogens is 4. The average Bonchev–Trinajstić information content (AvgIpc) is 2.63. The van der Waals surface area contributed by atoms with Crippen LogP contribution >= 0.6 is 15.9 Å². The zero-order valence-electron chi connectivity index (χ0n) is 15.3. The summed E-state index contributed by atoms with van der Waals surface area (Å²) >= 11 is 2.94. The lowest BCUT2D eigenvalue weighted by Crippen LogP contribution is -2.64. The number of H-pyrrole nitrogens is 1. The van der Waals surface area contributed by atoms with Gasteiger partial charge in [-0.1, -0.05) is 6.92 Å². The van der Waals surface area contributed by atoms with Crippen LogP contribution in [-0.4, -0.2) is 52.3 Å². The van der Waals surface area contributed by atoms with Gasteiger partial charge in [0, 0.05) is 30.9 Å². The van der Waals surface area contributed by atoms with Gasteiger partial charge in [-0.05, 0) is 35.2 Å². The SMILES string of the molecule is CCc1[nH]c2nc(OC(=O)C(F)(F)F)c(Br)nc2c(=O)c1N1CCN[C@H]2CC[C@@H]21. The number of esters is 1. The number of pyridine rings is 1. The van der Waals surface area contributed by atoms with Gasteiger partial charge in [-0.25, -0.2) is 9.78 Å². The Morgan fingerprint density at radius 3 is 2.72 bits per heavy atom. The molecule has 0 amide bonds. The van der Waals surface area contributed by atoms with Crippen LogP contribution in [-0.2, 0) is 11.2 Å². The fraction of sp³-hybridized carbons (Fsp3) is 0.529. The Bertz CT molecular complexity index is 1040. The number of rotatable bonds is 3. The van der Waals surface area contributed by atoms with Crippen LogP contribution in [0.3, 0.4) is 0 Å². The van der Waals surface area contributed by atoms with E-state index in [0.717, 1.165) is 19.4 Å². The van der Waals surface area contributed by atoms with E-state index in [1.165, 1.54) is 0 Å². The molecule has 8 nitrogen and oxygen atoms in total. The molecule has 2 aromatic rings. The van der Waals surface area contributed by atoms with Crippen molar-refractivity contribution in [1.29, 1.82) is 0 Å². The number of alkyl halides is 3. The van der Waals surface area contributed by atoms with Gasteiger partial charge in [0.15, 0.2) is 15.8 Å². The Morgan fingerprint density at radius 1 is 1.34 bits per heavy atom. The van der Waals surface area contributed by atoms with Crippen molar-refractivity contribution in [1.82, 2.24) is 20.3 Å². The first-order chi connectivity index (χ1) is 13.7. The van der Waals surface area contributed by atoms with Crippen LogP contribution in [0.1, 0.15) is 25.5 Å². The fourth-order valence-corrected chi connectivity index (χ4v) is 4.12. The van der Waals surface area contributed by atoms with E-state index in [4.69, 9.17) is 0 Å². The van der Waals surface area contributed by atoms with Crippen LogP contribution in [0.4, 0.5) is 18.9 Å². The van der Waals surface area contributed by atoms with Gasteiger partial charge < -0.3 is 19.9 Å². The maximum Gasteiger partial charge on any atom is 0.491 e. The first-order valence-corrected chi connectivity index (χ1v) is 9.91. The van der Waals surface area contributed by atoms with Crippen molar-refractivity contribution >= 4 is 38.8 Å². The lowest BCUT2D eigenvalue weighted by atomic mass is 9.83. The van der Waals surface area contributed by atoms with Gasteiger partial charge in [-0.15, -0.1) is 0 Å². The fourth-order valence-electron chi connectivity index (χ4n) is 3.77. The molecule has 4 rings (SSSR count). The predicted octanol–water partition coefficient (Wildman–Crippen LogP) is 2.05. The van der Waals surface area contributed by atoms with Crippen molar-refractivity contribution < 1.29 is 22.7 Å². The topological polar surface area (TPSA) is 100 Å². The van der Waals surface area contributed by atoms with Crippen LogP contribution in [0, 0.1) is 0 Å². The molecule has 29 heavy (non-hydrogen) atoms. The number of carbonyl (C=O) groups is 1. The highest BCUT2D eigenvalue weighted by Gasteiger charge is 2.42. The lowest BCUT2D eigenvalue weighted by molar-refractivity contribution is -0.190. The number of nitrogens with zero attached hydrogens (tertiary/aromatic N) is 3. The maximum absolute atomic E-state index is 13.2. The highest BCUT2D eigenvalue weighted by Crippen LogP contribution is 2.33. The van der Waals surface area contributed by atoms with Crippen molar-refractivity contribution in [2.24, 2.45) is 0 Å². The number of nitrogens with one attached hydrogen (secondary N) is 2. The van der Waals surface area contributed by atoms with E-state index in [1.54, 1.807) is 0 Å². The molecule has 0 aromatic carbocycles. The number of ether oxygens (including phenoxy) is 1. The highest BCUT2D eigenvalue weighted by molar-refractivity contribution is 9.10. The Morgan fingerprint density at radius 2 is 2.10 bits per heavy atom. The number of hydrogen-bond donors (Lipinski definition) is 2. The van der Waals surface area contributed by atoms with Crippen LogP contribution in [0.5, 0.6) is 5.88 Å². The van der Waals surface area contributed by atoms with Gasteiger partial charge in [0.05, 0.1) is 0 Å². The molecular weight excluding hydrogens is 459 g/mol. The molecule has 1 aliphatic heterocycles. The van der Waals surface area contributed by atoms with Gasteiger partial charge in [0.1, 0.15) is 5.69 Å². The van der Waals surface area contributed by atoms with Crippen LogP contribution in [0.25, 0.3) is 11.2 Å². The second-order valence-electron chi connectivity index (χ2n) is 6.94. The standard InChI is InChI=1S/C17H17BrF3N5O3/c1-2-7-11(26-6-5-22-8-3-4-9(8)26)12(27)10-14(23-7)25-15(13(18)24-10)29-16(28)17(19,20)21/h8-9,22H,2-6H2,1H3,(H,23,25,27)/t8-,9-/m0/s1. The summed E-state index contributed by atoms with van der Waals surface area (Å²) in [6, 6.07) is 0.557. The van der Waals surface area contributed by atoms with Gasteiger partial charge >= 0.3 is 12.1 Å². The van der Waals surface area contributed by atoms with E-state index < -0.39 is 18.0 Å². The molecule has 1 saturated heterocycles. The summed E-state index contributed by atoms with van der Waals surface area (Å²) < 4.78 is 41.5.